The standard InChI is InChI=1S/C21H19N3/c1-14-8-10-20-17(12-14)22-23-18-13-15(2)9-11-21(18)24(20)19-7-5-4-6-16(19)3/h4-13H,1-3H3. The van der Waals surface area contributed by atoms with E-state index in [-0.39, 0.29) is 0 Å². The molecule has 1 aliphatic rings. The van der Waals surface area contributed by atoms with Crippen LogP contribution in [0.25, 0.3) is 0 Å². The maximum absolute atomic E-state index is 4.52. The van der Waals surface area contributed by atoms with Crippen LogP contribution in [0.5, 0.6) is 0 Å². The minimum Gasteiger partial charge on any atom is -0.306 e. The highest BCUT2D eigenvalue weighted by Crippen LogP contribution is 2.48. The van der Waals surface area contributed by atoms with Crippen LogP contribution in [-0.4, -0.2) is 0 Å². The van der Waals surface area contributed by atoms with E-state index in [1.165, 1.54) is 16.7 Å². The summed E-state index contributed by atoms with van der Waals surface area (Å²) >= 11 is 0. The Morgan fingerprint density at radius 2 is 1.17 bits per heavy atom. The summed E-state index contributed by atoms with van der Waals surface area (Å²) in [6.45, 7) is 6.29. The van der Waals surface area contributed by atoms with Gasteiger partial charge in [-0.25, -0.2) is 0 Å². The Kier molecular flexibility index (Phi) is 3.42. The minimum absolute atomic E-state index is 0.895. The van der Waals surface area contributed by atoms with E-state index in [2.05, 4.69) is 96.6 Å². The lowest BCUT2D eigenvalue weighted by atomic mass is 10.1. The highest BCUT2D eigenvalue weighted by Gasteiger charge is 2.22. The summed E-state index contributed by atoms with van der Waals surface area (Å²) < 4.78 is 0. The molecule has 1 heterocycles. The molecule has 0 saturated heterocycles. The van der Waals surface area contributed by atoms with Gasteiger partial charge in [0.05, 0.1) is 11.4 Å². The summed E-state index contributed by atoms with van der Waals surface area (Å²) in [7, 11) is 0. The number of benzene rings is 3. The van der Waals surface area contributed by atoms with E-state index in [1.54, 1.807) is 0 Å². The van der Waals surface area contributed by atoms with Crippen LogP contribution in [0.15, 0.2) is 70.9 Å². The molecule has 0 atom stereocenters. The monoisotopic (exact) mass is 313 g/mol. The first kappa shape index (κ1) is 14.6. The smallest absolute Gasteiger partial charge is 0.110 e. The second-order valence-electron chi connectivity index (χ2n) is 6.31. The molecular weight excluding hydrogens is 294 g/mol. The molecule has 3 aromatic rings. The Bertz CT molecular complexity index is 902. The number of para-hydroxylation sites is 1. The van der Waals surface area contributed by atoms with Gasteiger partial charge in [-0.1, -0.05) is 30.3 Å². The van der Waals surface area contributed by atoms with Gasteiger partial charge in [-0.3, -0.25) is 0 Å². The van der Waals surface area contributed by atoms with E-state index in [1.807, 2.05) is 0 Å². The lowest BCUT2D eigenvalue weighted by molar-refractivity contribution is 1.24. The second-order valence-corrected chi connectivity index (χ2v) is 6.31. The van der Waals surface area contributed by atoms with E-state index in [9.17, 15) is 0 Å². The van der Waals surface area contributed by atoms with Gasteiger partial charge in [0.1, 0.15) is 11.4 Å². The van der Waals surface area contributed by atoms with Crippen LogP contribution in [0.3, 0.4) is 0 Å². The molecule has 3 heteroatoms. The van der Waals surface area contributed by atoms with Crippen LogP contribution in [0.1, 0.15) is 16.7 Å². The van der Waals surface area contributed by atoms with Crippen LogP contribution in [-0.2, 0) is 0 Å². The van der Waals surface area contributed by atoms with Crippen molar-refractivity contribution in [2.24, 2.45) is 10.2 Å². The Balaban J connectivity index is 2.04. The fourth-order valence-corrected chi connectivity index (χ4v) is 3.12. The SMILES string of the molecule is Cc1ccc2c(c1)N=Nc1cc(C)ccc1N2c1ccccc1C. The maximum Gasteiger partial charge on any atom is 0.110 e. The zero-order chi connectivity index (χ0) is 16.7. The molecule has 0 fully saturated rings. The molecule has 0 unspecified atom stereocenters. The molecule has 0 aliphatic carbocycles. The lowest BCUT2D eigenvalue weighted by Crippen LogP contribution is -2.11. The summed E-state index contributed by atoms with van der Waals surface area (Å²) in [5, 5.41) is 9.04. The van der Waals surface area contributed by atoms with Gasteiger partial charge in [-0.2, -0.15) is 0 Å². The molecule has 0 aromatic heterocycles. The number of fused-ring (bicyclic) bond motifs is 2. The highest BCUT2D eigenvalue weighted by molar-refractivity contribution is 5.90. The first-order valence-corrected chi connectivity index (χ1v) is 8.12. The first-order valence-electron chi connectivity index (χ1n) is 8.12. The third kappa shape index (κ3) is 2.38. The molecule has 0 radical (unpaired) electrons. The summed E-state index contributed by atoms with van der Waals surface area (Å²) in [5.74, 6) is 0. The molecular formula is C21H19N3. The summed E-state index contributed by atoms with van der Waals surface area (Å²) in [5.41, 5.74) is 8.64. The molecule has 0 saturated carbocycles. The Hall–Kier alpha value is -2.94. The van der Waals surface area contributed by atoms with Crippen molar-refractivity contribution < 1.29 is 0 Å². The lowest BCUT2D eigenvalue weighted by Gasteiger charge is -2.27. The van der Waals surface area contributed by atoms with Gasteiger partial charge in [0.25, 0.3) is 0 Å². The molecule has 0 amide bonds. The predicted octanol–water partition coefficient (Wildman–Crippen LogP) is 6.81. The molecule has 3 nitrogen and oxygen atoms in total. The predicted molar refractivity (Wildman–Crippen MR) is 99.5 cm³/mol. The van der Waals surface area contributed by atoms with Crippen molar-refractivity contribution in [3.63, 3.8) is 0 Å². The molecule has 1 aliphatic heterocycles. The number of azo groups is 1. The first-order chi connectivity index (χ1) is 11.6. The average Bonchev–Trinajstić information content (AvgIpc) is 2.72. The second kappa shape index (κ2) is 5.60. The summed E-state index contributed by atoms with van der Waals surface area (Å²) in [6.07, 6.45) is 0. The number of rotatable bonds is 1. The highest BCUT2D eigenvalue weighted by atomic mass is 15.2. The van der Waals surface area contributed by atoms with Gasteiger partial charge < -0.3 is 4.90 Å². The van der Waals surface area contributed by atoms with Crippen LogP contribution >= 0.6 is 0 Å². The number of hydrogen-bond acceptors (Lipinski definition) is 3. The third-order valence-corrected chi connectivity index (χ3v) is 4.37. The van der Waals surface area contributed by atoms with Crippen molar-refractivity contribution in [2.45, 2.75) is 20.8 Å². The molecule has 24 heavy (non-hydrogen) atoms. The average molecular weight is 313 g/mol. The zero-order valence-electron chi connectivity index (χ0n) is 14.1. The normalized spacial score (nSPS) is 12.5. The topological polar surface area (TPSA) is 28.0 Å². The molecule has 3 aromatic carbocycles. The summed E-state index contributed by atoms with van der Waals surface area (Å²) in [4.78, 5) is 2.26. The van der Waals surface area contributed by atoms with Crippen LogP contribution in [0, 0.1) is 20.8 Å². The largest absolute Gasteiger partial charge is 0.306 e. The number of hydrogen-bond donors (Lipinski definition) is 0. The van der Waals surface area contributed by atoms with Crippen molar-refractivity contribution in [1.82, 2.24) is 0 Å². The van der Waals surface area contributed by atoms with Gasteiger partial charge in [0.15, 0.2) is 0 Å². The van der Waals surface area contributed by atoms with Crippen molar-refractivity contribution in [3.8, 4) is 0 Å². The molecule has 0 bridgehead atoms. The summed E-state index contributed by atoms with van der Waals surface area (Å²) in [6, 6.07) is 21.1. The minimum atomic E-state index is 0.895. The van der Waals surface area contributed by atoms with E-state index in [4.69, 9.17) is 0 Å². The molecule has 0 spiro atoms. The van der Waals surface area contributed by atoms with Crippen molar-refractivity contribution in [3.05, 3.63) is 77.4 Å². The quantitative estimate of drug-likeness (QED) is 0.379. The Morgan fingerprint density at radius 3 is 1.71 bits per heavy atom. The molecule has 4 rings (SSSR count). The fourth-order valence-electron chi connectivity index (χ4n) is 3.12. The van der Waals surface area contributed by atoms with Crippen LogP contribution in [0.2, 0.25) is 0 Å². The third-order valence-electron chi connectivity index (χ3n) is 4.37. The zero-order valence-corrected chi connectivity index (χ0v) is 14.1. The van der Waals surface area contributed by atoms with E-state index in [0.29, 0.717) is 0 Å². The maximum atomic E-state index is 4.52. The molecule has 118 valence electrons. The van der Waals surface area contributed by atoms with Gasteiger partial charge in [0.2, 0.25) is 0 Å². The molecule has 0 N–H and O–H groups in total. The van der Waals surface area contributed by atoms with E-state index >= 15 is 0 Å². The van der Waals surface area contributed by atoms with Crippen molar-refractivity contribution in [2.75, 3.05) is 4.90 Å². The number of aryl methyl sites for hydroxylation is 3. The van der Waals surface area contributed by atoms with Gasteiger partial charge in [-0.15, -0.1) is 10.2 Å². The van der Waals surface area contributed by atoms with E-state index < -0.39 is 0 Å². The Labute approximate surface area is 142 Å². The number of nitrogens with zero attached hydrogens (tertiary/aromatic N) is 3. The van der Waals surface area contributed by atoms with Crippen molar-refractivity contribution in [1.29, 1.82) is 0 Å². The van der Waals surface area contributed by atoms with Crippen LogP contribution in [0.4, 0.5) is 28.4 Å². The van der Waals surface area contributed by atoms with Gasteiger partial charge in [0, 0.05) is 5.69 Å². The van der Waals surface area contributed by atoms with Gasteiger partial charge in [-0.05, 0) is 67.8 Å². The van der Waals surface area contributed by atoms with E-state index in [0.717, 1.165) is 28.4 Å². The fraction of sp³-hybridized carbons (Fsp3) is 0.143. The van der Waals surface area contributed by atoms with Crippen molar-refractivity contribution >= 4 is 28.4 Å². The van der Waals surface area contributed by atoms with Crippen LogP contribution < -0.4 is 4.90 Å². The number of anilines is 3. The van der Waals surface area contributed by atoms with Gasteiger partial charge >= 0.3 is 0 Å². The Morgan fingerprint density at radius 1 is 0.625 bits per heavy atom.